The minimum Gasteiger partial charge on any atom is -0.396 e. The van der Waals surface area contributed by atoms with Gasteiger partial charge in [-0.05, 0) is 19.3 Å². The molecule has 1 unspecified atom stereocenters. The van der Waals surface area contributed by atoms with Gasteiger partial charge in [0.1, 0.15) is 0 Å². The number of aliphatic hydroxyl groups is 1. The van der Waals surface area contributed by atoms with Gasteiger partial charge in [-0.15, -0.1) is 0 Å². The second-order valence-corrected chi connectivity index (χ2v) is 4.53. The van der Waals surface area contributed by atoms with Crippen molar-refractivity contribution in [2.24, 2.45) is 0 Å². The van der Waals surface area contributed by atoms with E-state index >= 15 is 0 Å². The molecule has 0 saturated carbocycles. The van der Waals surface area contributed by atoms with E-state index in [0.717, 1.165) is 19.4 Å². The first-order valence-electron chi connectivity index (χ1n) is 7.07. The molecule has 0 radical (unpaired) electrons. The van der Waals surface area contributed by atoms with E-state index in [1.165, 1.54) is 44.9 Å². The highest BCUT2D eigenvalue weighted by atomic mass is 16.5. The van der Waals surface area contributed by atoms with Crippen molar-refractivity contribution in [2.45, 2.75) is 77.7 Å². The van der Waals surface area contributed by atoms with E-state index < -0.39 is 0 Å². The molecule has 16 heavy (non-hydrogen) atoms. The minimum absolute atomic E-state index is 0.246. The fourth-order valence-electron chi connectivity index (χ4n) is 1.86. The van der Waals surface area contributed by atoms with E-state index in [4.69, 9.17) is 9.84 Å². The molecule has 0 saturated heterocycles. The molecule has 0 aliphatic carbocycles. The van der Waals surface area contributed by atoms with Crippen molar-refractivity contribution in [1.29, 1.82) is 0 Å². The van der Waals surface area contributed by atoms with Crippen LogP contribution in [0.1, 0.15) is 71.6 Å². The Balaban J connectivity index is 3.12. The maximum atomic E-state index is 8.81. The molecule has 0 aliphatic heterocycles. The number of aliphatic hydroxyl groups excluding tert-OH is 1. The maximum Gasteiger partial charge on any atom is 0.0594 e. The van der Waals surface area contributed by atoms with Crippen LogP contribution in [0.3, 0.4) is 0 Å². The van der Waals surface area contributed by atoms with E-state index in [0.29, 0.717) is 0 Å². The Morgan fingerprint density at radius 3 is 2.12 bits per heavy atom. The molecule has 2 heteroatoms. The average Bonchev–Trinajstić information content (AvgIpc) is 2.31. The number of hydrogen-bond donors (Lipinski definition) is 1. The number of hydrogen-bond acceptors (Lipinski definition) is 2. The molecule has 2 nitrogen and oxygen atoms in total. The van der Waals surface area contributed by atoms with E-state index in [-0.39, 0.29) is 12.7 Å². The van der Waals surface area contributed by atoms with E-state index in [2.05, 4.69) is 13.8 Å². The molecule has 0 aromatic heterocycles. The zero-order chi connectivity index (χ0) is 12.1. The maximum absolute atomic E-state index is 8.81. The fourth-order valence-corrected chi connectivity index (χ4v) is 1.86. The summed E-state index contributed by atoms with van der Waals surface area (Å²) in [5.41, 5.74) is 0. The largest absolute Gasteiger partial charge is 0.396 e. The van der Waals surface area contributed by atoms with Crippen LogP contribution in [-0.4, -0.2) is 24.4 Å². The summed E-state index contributed by atoms with van der Waals surface area (Å²) in [6.07, 6.45) is 11.3. The summed E-state index contributed by atoms with van der Waals surface area (Å²) >= 11 is 0. The number of rotatable bonds is 12. The predicted octanol–water partition coefficient (Wildman–Crippen LogP) is 3.91. The van der Waals surface area contributed by atoms with Gasteiger partial charge >= 0.3 is 0 Å². The highest BCUT2D eigenvalue weighted by Gasteiger charge is 2.04. The van der Waals surface area contributed by atoms with Gasteiger partial charge in [0, 0.05) is 13.2 Å². The lowest BCUT2D eigenvalue weighted by molar-refractivity contribution is 0.0312. The Bertz CT molecular complexity index is 126. The van der Waals surface area contributed by atoms with Gasteiger partial charge in [-0.2, -0.15) is 0 Å². The highest BCUT2D eigenvalue weighted by Crippen LogP contribution is 2.08. The zero-order valence-electron chi connectivity index (χ0n) is 11.2. The number of ether oxygens (including phenoxy) is 1. The van der Waals surface area contributed by atoms with Gasteiger partial charge in [0.25, 0.3) is 0 Å². The molecule has 0 rings (SSSR count). The molecule has 0 aromatic rings. The molecule has 1 atom stereocenters. The van der Waals surface area contributed by atoms with Gasteiger partial charge in [-0.1, -0.05) is 52.4 Å². The van der Waals surface area contributed by atoms with Crippen LogP contribution in [0, 0.1) is 0 Å². The summed E-state index contributed by atoms with van der Waals surface area (Å²) in [7, 11) is 0. The molecule has 0 bridgehead atoms. The molecule has 0 aliphatic rings. The molecule has 0 spiro atoms. The van der Waals surface area contributed by atoms with Crippen LogP contribution < -0.4 is 0 Å². The minimum atomic E-state index is 0.246. The van der Waals surface area contributed by atoms with Crippen molar-refractivity contribution >= 4 is 0 Å². The molecule has 0 fully saturated rings. The van der Waals surface area contributed by atoms with Crippen molar-refractivity contribution in [3.05, 3.63) is 0 Å². The molecule has 0 amide bonds. The monoisotopic (exact) mass is 230 g/mol. The van der Waals surface area contributed by atoms with Crippen molar-refractivity contribution in [2.75, 3.05) is 13.2 Å². The lowest BCUT2D eigenvalue weighted by Gasteiger charge is -2.14. The fraction of sp³-hybridized carbons (Fsp3) is 1.00. The third-order valence-electron chi connectivity index (χ3n) is 3.01. The summed E-state index contributed by atoms with van der Waals surface area (Å²) < 4.78 is 5.70. The first-order valence-corrected chi connectivity index (χ1v) is 7.07. The van der Waals surface area contributed by atoms with Crippen LogP contribution in [0.2, 0.25) is 0 Å². The standard InChI is InChI=1S/C14H30O2/c1-3-5-6-7-8-9-10-13-16-14(4-2)11-12-15/h14-15H,3-13H2,1-2H3. The summed E-state index contributed by atoms with van der Waals surface area (Å²) in [4.78, 5) is 0. The van der Waals surface area contributed by atoms with Gasteiger partial charge in [0.15, 0.2) is 0 Å². The summed E-state index contributed by atoms with van der Waals surface area (Å²) in [6, 6.07) is 0. The summed E-state index contributed by atoms with van der Waals surface area (Å²) in [5.74, 6) is 0. The van der Waals surface area contributed by atoms with Crippen LogP contribution in [0.4, 0.5) is 0 Å². The molecule has 98 valence electrons. The van der Waals surface area contributed by atoms with Crippen molar-refractivity contribution in [3.8, 4) is 0 Å². The Morgan fingerprint density at radius 2 is 1.56 bits per heavy atom. The van der Waals surface area contributed by atoms with Crippen LogP contribution in [-0.2, 0) is 4.74 Å². The second kappa shape index (κ2) is 13.0. The van der Waals surface area contributed by atoms with Crippen LogP contribution >= 0.6 is 0 Å². The second-order valence-electron chi connectivity index (χ2n) is 4.53. The predicted molar refractivity (Wildman–Crippen MR) is 69.7 cm³/mol. The lowest BCUT2D eigenvalue weighted by Crippen LogP contribution is -2.14. The summed E-state index contributed by atoms with van der Waals surface area (Å²) in [5, 5.41) is 8.81. The molecular formula is C14H30O2. The van der Waals surface area contributed by atoms with Gasteiger partial charge in [0.2, 0.25) is 0 Å². The Kier molecular flexibility index (Phi) is 12.9. The average molecular weight is 230 g/mol. The molecule has 0 aromatic carbocycles. The van der Waals surface area contributed by atoms with E-state index in [9.17, 15) is 0 Å². The first-order chi connectivity index (χ1) is 7.85. The van der Waals surface area contributed by atoms with Crippen LogP contribution in [0.5, 0.6) is 0 Å². The van der Waals surface area contributed by atoms with Crippen molar-refractivity contribution < 1.29 is 9.84 Å². The molecule has 0 heterocycles. The zero-order valence-corrected chi connectivity index (χ0v) is 11.2. The third-order valence-corrected chi connectivity index (χ3v) is 3.01. The normalized spacial score (nSPS) is 12.9. The van der Waals surface area contributed by atoms with Crippen LogP contribution in [0.15, 0.2) is 0 Å². The van der Waals surface area contributed by atoms with Crippen LogP contribution in [0.25, 0.3) is 0 Å². The SMILES string of the molecule is CCCCCCCCCOC(CC)CCO. The van der Waals surface area contributed by atoms with Crippen molar-refractivity contribution in [1.82, 2.24) is 0 Å². The van der Waals surface area contributed by atoms with Crippen molar-refractivity contribution in [3.63, 3.8) is 0 Å². The quantitative estimate of drug-likeness (QED) is 0.515. The topological polar surface area (TPSA) is 29.5 Å². The Hall–Kier alpha value is -0.0800. The highest BCUT2D eigenvalue weighted by molar-refractivity contribution is 4.54. The Morgan fingerprint density at radius 1 is 0.938 bits per heavy atom. The first kappa shape index (κ1) is 15.9. The lowest BCUT2D eigenvalue weighted by atomic mass is 10.1. The van der Waals surface area contributed by atoms with Gasteiger partial charge < -0.3 is 9.84 Å². The van der Waals surface area contributed by atoms with Gasteiger partial charge in [0.05, 0.1) is 6.10 Å². The van der Waals surface area contributed by atoms with Gasteiger partial charge in [-0.3, -0.25) is 0 Å². The molecular weight excluding hydrogens is 200 g/mol. The smallest absolute Gasteiger partial charge is 0.0594 e. The summed E-state index contributed by atoms with van der Waals surface area (Å²) in [6.45, 7) is 5.48. The molecule has 1 N–H and O–H groups in total. The number of unbranched alkanes of at least 4 members (excludes halogenated alkanes) is 6. The van der Waals surface area contributed by atoms with E-state index in [1.807, 2.05) is 0 Å². The van der Waals surface area contributed by atoms with E-state index in [1.54, 1.807) is 0 Å². The third kappa shape index (κ3) is 10.4. The van der Waals surface area contributed by atoms with Gasteiger partial charge in [-0.25, -0.2) is 0 Å². The Labute approximate surface area is 101 Å².